The van der Waals surface area contributed by atoms with Crippen LogP contribution < -0.4 is 0 Å². The van der Waals surface area contributed by atoms with E-state index in [9.17, 15) is 0 Å². The van der Waals surface area contributed by atoms with Crippen molar-refractivity contribution < 1.29 is 19.2 Å². The van der Waals surface area contributed by atoms with Gasteiger partial charge in [0.25, 0.3) is 23.6 Å². The van der Waals surface area contributed by atoms with Gasteiger partial charge in [-0.3, -0.25) is 19.2 Å². The van der Waals surface area contributed by atoms with Gasteiger partial charge in [0.2, 0.25) is 0 Å². The van der Waals surface area contributed by atoms with Crippen molar-refractivity contribution in [1.29, 1.82) is 0 Å². The van der Waals surface area contributed by atoms with E-state index in [1.165, 1.54) is 462 Å². The van der Waals surface area contributed by atoms with Crippen LogP contribution in [0.4, 0.5) is 0 Å². The summed E-state index contributed by atoms with van der Waals surface area (Å²) in [7, 11) is 0. The Hall–Kier alpha value is -5.66. The molecule has 0 spiro atoms. The number of unbranched alkanes of at least 4 members (excludes halogenated alkanes) is 64. The molecule has 146 heavy (non-hydrogen) atoms. The Morgan fingerprint density at radius 3 is 0.541 bits per heavy atom. The molecule has 4 aliphatic rings. The summed E-state index contributed by atoms with van der Waals surface area (Å²) in [6.07, 6.45) is 102. The van der Waals surface area contributed by atoms with Gasteiger partial charge >= 0.3 is 0 Å². The Bertz CT molecular complexity index is 4340. The van der Waals surface area contributed by atoms with E-state index in [0.29, 0.717) is 72.1 Å². The third kappa shape index (κ3) is 42.3. The van der Waals surface area contributed by atoms with Gasteiger partial charge in [-0.25, -0.2) is 0 Å². The fraction of sp³-hybridized carbons (Fsp3) is 0.716. The Morgan fingerprint density at radius 1 is 0.192 bits per heavy atom. The number of fused-ring (bicyclic) bond motifs is 3. The van der Waals surface area contributed by atoms with Crippen LogP contribution in [-0.4, -0.2) is 69.4 Å². The van der Waals surface area contributed by atoms with E-state index in [4.69, 9.17) is 0 Å². The van der Waals surface area contributed by atoms with E-state index >= 15 is 19.2 Å². The number of hydrogen-bond donors (Lipinski definition) is 0. The van der Waals surface area contributed by atoms with Gasteiger partial charge < -0.3 is 19.6 Å². The molecular formula is C134H212N4O4S4. The lowest BCUT2D eigenvalue weighted by Gasteiger charge is -2.29. The van der Waals surface area contributed by atoms with Gasteiger partial charge in [0.1, 0.15) is 0 Å². The Balaban J connectivity index is 0.987. The van der Waals surface area contributed by atoms with Crippen LogP contribution >= 0.6 is 45.3 Å². The Morgan fingerprint density at radius 2 is 0.363 bits per heavy atom. The zero-order valence-electron chi connectivity index (χ0n) is 95.0. The molecule has 0 fully saturated rings. The largest absolute Gasteiger partial charge is 0.306 e. The van der Waals surface area contributed by atoms with Gasteiger partial charge in [0, 0.05) is 35.9 Å². The minimum atomic E-state index is 0.0300. The summed E-state index contributed by atoms with van der Waals surface area (Å²) in [5.74, 6) is 1.49. The first-order valence-electron chi connectivity index (χ1n) is 63.1. The van der Waals surface area contributed by atoms with Crippen molar-refractivity contribution in [2.45, 2.75) is 569 Å². The Kier molecular flexibility index (Phi) is 62.9. The number of rotatable bonds is 94. The quantitative estimate of drug-likeness (QED) is 0.0356. The second kappa shape index (κ2) is 75.2. The van der Waals surface area contributed by atoms with Crippen LogP contribution in [0.2, 0.25) is 0 Å². The smallest absolute Gasteiger partial charge is 0.261 e. The number of hydrogen-bond acceptors (Lipinski definition) is 8. The van der Waals surface area contributed by atoms with Gasteiger partial charge in [0.05, 0.1) is 64.6 Å². The lowest BCUT2D eigenvalue weighted by Crippen LogP contribution is -2.34. The summed E-state index contributed by atoms with van der Waals surface area (Å²) in [6, 6.07) is 31.7. The van der Waals surface area contributed by atoms with Crippen LogP contribution in [0.1, 0.15) is 589 Å². The molecular weight excluding hydrogens is 1860 g/mol. The maximum absolute atomic E-state index is 16.5. The molecule has 6 aromatic rings. The Labute approximate surface area is 911 Å². The molecule has 4 aromatic heterocycles. The molecule has 2 aromatic carbocycles. The molecule has 0 aliphatic carbocycles. The summed E-state index contributed by atoms with van der Waals surface area (Å²) in [5.41, 5.74) is 8.29. The molecule has 4 atom stereocenters. The number of amides is 4. The van der Waals surface area contributed by atoms with Crippen LogP contribution in [-0.2, 0) is 19.2 Å². The molecule has 4 unspecified atom stereocenters. The number of nitrogens with zero attached hydrogens (tertiary/aromatic N) is 4. The van der Waals surface area contributed by atoms with Crippen LogP contribution in [0.25, 0.3) is 54.4 Å². The first-order valence-corrected chi connectivity index (χ1v) is 66.5. The molecule has 0 N–H and O–H groups in total. The van der Waals surface area contributed by atoms with E-state index in [0.717, 1.165) is 125 Å². The fourth-order valence-electron chi connectivity index (χ4n) is 24.4. The van der Waals surface area contributed by atoms with Crippen molar-refractivity contribution >= 4 is 103 Å². The zero-order valence-corrected chi connectivity index (χ0v) is 98.3. The van der Waals surface area contributed by atoms with Gasteiger partial charge in [-0.2, -0.15) is 0 Å². The molecule has 4 aliphatic heterocycles. The van der Waals surface area contributed by atoms with Crippen molar-refractivity contribution in [3.8, 4) is 20.9 Å². The number of carbonyl (C=O) groups is 4. The van der Waals surface area contributed by atoms with Crippen LogP contribution in [0, 0.1) is 23.7 Å². The van der Waals surface area contributed by atoms with E-state index in [-0.39, 0.29) is 23.6 Å². The van der Waals surface area contributed by atoms with Crippen molar-refractivity contribution in [3.05, 3.63) is 137 Å². The first-order chi connectivity index (χ1) is 72.0. The highest BCUT2D eigenvalue weighted by Gasteiger charge is 2.52. The van der Waals surface area contributed by atoms with E-state index in [1.807, 2.05) is 0 Å². The fourth-order valence-corrected chi connectivity index (χ4v) is 28.1. The van der Waals surface area contributed by atoms with E-state index < -0.39 is 0 Å². The van der Waals surface area contributed by atoms with Crippen LogP contribution in [0.15, 0.2) is 118 Å². The maximum Gasteiger partial charge on any atom is 0.261 e. The number of benzene rings is 2. The topological polar surface area (TPSA) is 81.2 Å². The van der Waals surface area contributed by atoms with Crippen LogP contribution in [0.5, 0.6) is 0 Å². The second-order valence-corrected chi connectivity index (χ2v) is 50.1. The lowest BCUT2D eigenvalue weighted by atomic mass is 9.93. The molecule has 4 amide bonds. The first kappa shape index (κ1) is 122. The van der Waals surface area contributed by atoms with Gasteiger partial charge in [-0.15, -0.1) is 45.3 Å². The molecule has 0 saturated carbocycles. The number of thiophene rings is 4. The summed E-state index contributed by atoms with van der Waals surface area (Å²) in [5, 5.41) is 6.62. The molecule has 0 saturated heterocycles. The minimum Gasteiger partial charge on any atom is -0.306 e. The molecule has 0 bridgehead atoms. The predicted molar refractivity (Wildman–Crippen MR) is 642 cm³/mol. The van der Waals surface area contributed by atoms with Crippen LogP contribution in [0.3, 0.4) is 0 Å². The van der Waals surface area contributed by atoms with E-state index in [2.05, 4.69) is 171 Å². The van der Waals surface area contributed by atoms with Crippen molar-refractivity contribution in [2.75, 3.05) is 26.2 Å². The molecule has 8 heterocycles. The summed E-state index contributed by atoms with van der Waals surface area (Å²) >= 11 is 6.90. The van der Waals surface area contributed by atoms with Crippen molar-refractivity contribution in [3.63, 3.8) is 0 Å². The molecule has 0 radical (unpaired) electrons. The SMILES string of the molecule is CCCCCCCCCCCCC(CCCCCCCCCC)CN1C(=O)C2=C(c3ccc(-c4ccc5cc(-c6ccc(C7=C8C(=O)N(CC(CCCCCCCCCC)CCCCCCCCCCCC)C(c9cccs9)=C8C(=O)N7CC(CCCCCCCCCC)CCCCCCCCCCCC)s6)ccc5c4)s3)N(CC(CCCCCCCCCC)CCCCCCCCCCCC)C(=O)C2=C1c1cccs1. The molecule has 10 rings (SSSR count). The van der Waals surface area contributed by atoms with Crippen molar-refractivity contribution in [2.24, 2.45) is 23.7 Å². The highest BCUT2D eigenvalue weighted by atomic mass is 32.1. The summed E-state index contributed by atoms with van der Waals surface area (Å²) in [4.78, 5) is 81.0. The highest BCUT2D eigenvalue weighted by Crippen LogP contribution is 2.54. The summed E-state index contributed by atoms with van der Waals surface area (Å²) in [6.45, 7) is 21.1. The normalized spacial score (nSPS) is 14.9. The average molecular weight is 2070 g/mol. The summed E-state index contributed by atoms with van der Waals surface area (Å²) < 4.78 is 0. The molecule has 816 valence electrons. The maximum atomic E-state index is 16.5. The average Bonchev–Trinajstić information content (AvgIpc) is 1.56. The third-order valence-electron chi connectivity index (χ3n) is 33.5. The van der Waals surface area contributed by atoms with Gasteiger partial charge in [0.15, 0.2) is 0 Å². The molecule has 12 heteroatoms. The monoisotopic (exact) mass is 2070 g/mol. The second-order valence-electron chi connectivity index (χ2n) is 46.0. The highest BCUT2D eigenvalue weighted by molar-refractivity contribution is 7.17. The predicted octanol–water partition coefficient (Wildman–Crippen LogP) is 43.9. The standard InChI is InChI=1S/C134H212N4O4S4/c1-9-17-25-33-41-49-53-61-69-77-85-109(83-73-65-57-45-37-29-21-13-5)105-135-127(119-91-81-101-143-119)123-125(133(135)141)129(137(131(123)139)107-111(87-75-67-59-47-39-31-23-15-7)89-79-71-63-55-51-43-35-27-19-11-3)121-99-97-117(145-121)115-95-93-114-104-116(96-94-113(114)103-115)118-98-100-122(146-118)130-126-124(132(140)138(130)108-112(88-76-68-60-48-40-32-24-16-8)90-80-72-64-56-52-44-36-28-20-12-4)128(120-92-82-102-144-120)136(134(126)142)106-110(84-74-66-58-46-38-30-22-14-6)86-78-70-62-54-50-42-34-26-18-10-2/h81-82,91-104,109-112H,9-80,83-90,105-108H2,1-8H3. The van der Waals surface area contributed by atoms with E-state index in [1.54, 1.807) is 45.3 Å². The van der Waals surface area contributed by atoms with Gasteiger partial charge in [-0.05, 0) is 156 Å². The molecule has 8 nitrogen and oxygen atoms in total. The van der Waals surface area contributed by atoms with Gasteiger partial charge in [-0.1, -0.05) is 554 Å². The zero-order chi connectivity index (χ0) is 103. The minimum absolute atomic E-state index is 0.0300. The van der Waals surface area contributed by atoms with Crippen molar-refractivity contribution in [1.82, 2.24) is 19.6 Å². The lowest BCUT2D eigenvalue weighted by molar-refractivity contribution is -0.124. The third-order valence-corrected chi connectivity index (χ3v) is 37.5. The number of carbonyl (C=O) groups excluding carboxylic acids is 4.